The molecule has 2 heterocycles. The molecule has 2 N–H and O–H groups in total. The molecule has 1 fully saturated rings. The Hall–Kier alpha value is -1.14. The van der Waals surface area contributed by atoms with Crippen LogP contribution in [0.25, 0.3) is 0 Å². The molecule has 0 saturated carbocycles. The van der Waals surface area contributed by atoms with Crippen LogP contribution < -0.4 is 5.73 Å². The first-order chi connectivity index (χ1) is 6.65. The summed E-state index contributed by atoms with van der Waals surface area (Å²) in [5.41, 5.74) is 5.52. The molecular weight excluding hydrogens is 200 g/mol. The van der Waals surface area contributed by atoms with E-state index in [0.717, 1.165) is 11.4 Å². The molecule has 1 saturated heterocycles. The molecule has 1 aliphatic rings. The topological polar surface area (TPSA) is 62.5 Å². The minimum atomic E-state index is 0.169. The summed E-state index contributed by atoms with van der Waals surface area (Å²) in [6, 6.07) is 0. The van der Waals surface area contributed by atoms with Crippen molar-refractivity contribution in [2.24, 2.45) is 0 Å². The highest BCUT2D eigenvalue weighted by molar-refractivity contribution is 7.15. The Morgan fingerprint density at radius 3 is 3.00 bits per heavy atom. The Labute approximate surface area is 86.1 Å². The molecule has 76 valence electrons. The maximum atomic E-state index is 11.2. The van der Waals surface area contributed by atoms with Crippen molar-refractivity contribution in [3.8, 4) is 0 Å². The highest BCUT2D eigenvalue weighted by Crippen LogP contribution is 2.18. The number of thiazole rings is 1. The van der Waals surface area contributed by atoms with Crippen LogP contribution in [0.1, 0.15) is 4.88 Å². The van der Waals surface area contributed by atoms with Crippen LogP contribution in [0.3, 0.4) is 0 Å². The van der Waals surface area contributed by atoms with E-state index in [0.29, 0.717) is 18.3 Å². The van der Waals surface area contributed by atoms with Gasteiger partial charge in [-0.2, -0.15) is 0 Å². The third kappa shape index (κ3) is 1.85. The smallest absolute Gasteiger partial charge is 0.237 e. The summed E-state index contributed by atoms with van der Waals surface area (Å²) in [5, 5.41) is 0.582. The number of hydrogen-bond acceptors (Lipinski definition) is 5. The monoisotopic (exact) mass is 212 g/mol. The third-order valence-corrected chi connectivity index (χ3v) is 2.96. The highest BCUT2D eigenvalue weighted by atomic mass is 32.1. The normalized spacial score (nSPS) is 18.1. The number of nitrogen functional groups attached to an aromatic ring is 1. The fourth-order valence-electron chi connectivity index (χ4n) is 1.46. The highest BCUT2D eigenvalue weighted by Gasteiger charge is 2.24. The summed E-state index contributed by atoms with van der Waals surface area (Å²) < 4.78 is 0. The molecule has 2 rings (SSSR count). The van der Waals surface area contributed by atoms with Crippen LogP contribution in [0, 0.1) is 0 Å². The van der Waals surface area contributed by atoms with Crippen molar-refractivity contribution in [2.75, 3.05) is 26.0 Å². The Kier molecular flexibility index (Phi) is 2.39. The van der Waals surface area contributed by atoms with Gasteiger partial charge in [-0.25, -0.2) is 4.98 Å². The van der Waals surface area contributed by atoms with Gasteiger partial charge < -0.3 is 10.6 Å². The number of carbonyl (C=O) groups excluding carboxylic acids is 1. The van der Waals surface area contributed by atoms with Gasteiger partial charge in [-0.3, -0.25) is 9.69 Å². The largest absolute Gasteiger partial charge is 0.375 e. The average molecular weight is 212 g/mol. The lowest BCUT2D eigenvalue weighted by Crippen LogP contribution is -2.22. The first-order valence-corrected chi connectivity index (χ1v) is 5.13. The fraction of sp³-hybridized carbons (Fsp3) is 0.500. The van der Waals surface area contributed by atoms with Gasteiger partial charge in [-0.15, -0.1) is 11.3 Å². The van der Waals surface area contributed by atoms with E-state index >= 15 is 0 Å². The van der Waals surface area contributed by atoms with Gasteiger partial charge in [-0.1, -0.05) is 0 Å². The van der Waals surface area contributed by atoms with E-state index in [9.17, 15) is 4.79 Å². The predicted octanol–water partition coefficient (Wildman–Crippen LogP) is -0.0432. The zero-order valence-electron chi connectivity index (χ0n) is 7.93. The minimum Gasteiger partial charge on any atom is -0.375 e. The quantitative estimate of drug-likeness (QED) is 0.747. The summed E-state index contributed by atoms with van der Waals surface area (Å²) in [6.45, 7) is 1.94. The van der Waals surface area contributed by atoms with Gasteiger partial charge in [-0.05, 0) is 0 Å². The molecule has 0 radical (unpaired) electrons. The Morgan fingerprint density at radius 2 is 2.50 bits per heavy atom. The van der Waals surface area contributed by atoms with Crippen LogP contribution in [-0.4, -0.2) is 41.0 Å². The molecule has 14 heavy (non-hydrogen) atoms. The number of likely N-dealkylation sites (N-methyl/N-ethyl adjacent to an activating group) is 1. The second-order valence-corrected chi connectivity index (χ2v) is 4.53. The lowest BCUT2D eigenvalue weighted by Gasteiger charge is -2.12. The Bertz CT molecular complexity index is 351. The number of carbonyl (C=O) groups is 1. The molecule has 1 aromatic rings. The number of nitrogens with two attached hydrogens (primary N) is 1. The number of nitrogens with zero attached hydrogens (tertiary/aromatic N) is 3. The maximum Gasteiger partial charge on any atom is 0.237 e. The molecule has 6 heteroatoms. The maximum absolute atomic E-state index is 11.2. The van der Waals surface area contributed by atoms with Crippen molar-refractivity contribution in [1.29, 1.82) is 0 Å². The second-order valence-electron chi connectivity index (χ2n) is 3.38. The van der Waals surface area contributed by atoms with Crippen molar-refractivity contribution < 1.29 is 4.79 Å². The molecule has 0 unspecified atom stereocenters. The van der Waals surface area contributed by atoms with Crippen LogP contribution in [0.15, 0.2) is 6.20 Å². The van der Waals surface area contributed by atoms with Crippen LogP contribution in [0.2, 0.25) is 0 Å². The minimum absolute atomic E-state index is 0.169. The third-order valence-electron chi connectivity index (χ3n) is 2.15. The Morgan fingerprint density at radius 1 is 1.71 bits per heavy atom. The van der Waals surface area contributed by atoms with Gasteiger partial charge >= 0.3 is 0 Å². The summed E-state index contributed by atoms with van der Waals surface area (Å²) in [7, 11) is 1.81. The fourth-order valence-corrected chi connectivity index (χ4v) is 2.19. The lowest BCUT2D eigenvalue weighted by atomic mass is 10.5. The van der Waals surface area contributed by atoms with E-state index in [1.165, 1.54) is 11.3 Å². The molecule has 0 bridgehead atoms. The molecule has 1 amide bonds. The SMILES string of the molecule is CN1CN(Cc2cnc(N)s2)CC1=O. The number of hydrogen-bond donors (Lipinski definition) is 1. The van der Waals surface area contributed by atoms with Gasteiger partial charge in [0.25, 0.3) is 0 Å². The van der Waals surface area contributed by atoms with Crippen molar-refractivity contribution >= 4 is 22.4 Å². The predicted molar refractivity (Wildman–Crippen MR) is 54.6 cm³/mol. The standard InChI is InChI=1S/C8H12N4OS/c1-11-5-12(4-7(11)13)3-6-2-10-8(9)14-6/h2H,3-5H2,1H3,(H2,9,10). The average Bonchev–Trinajstić information content (AvgIpc) is 2.62. The molecule has 0 aromatic carbocycles. The van der Waals surface area contributed by atoms with Crippen LogP contribution in [0.4, 0.5) is 5.13 Å². The second kappa shape index (κ2) is 3.55. The number of rotatable bonds is 2. The van der Waals surface area contributed by atoms with Crippen LogP contribution >= 0.6 is 11.3 Å². The van der Waals surface area contributed by atoms with Gasteiger partial charge in [0.05, 0.1) is 13.2 Å². The van der Waals surface area contributed by atoms with Crippen LogP contribution in [-0.2, 0) is 11.3 Å². The first kappa shape index (κ1) is 9.42. The van der Waals surface area contributed by atoms with Gasteiger partial charge in [0.1, 0.15) is 0 Å². The summed E-state index contributed by atoms with van der Waals surface area (Å²) in [6.07, 6.45) is 1.77. The number of anilines is 1. The zero-order valence-corrected chi connectivity index (χ0v) is 8.75. The van der Waals surface area contributed by atoms with Crippen molar-refractivity contribution in [2.45, 2.75) is 6.54 Å². The van der Waals surface area contributed by atoms with E-state index in [2.05, 4.69) is 9.88 Å². The van der Waals surface area contributed by atoms with Crippen molar-refractivity contribution in [1.82, 2.24) is 14.8 Å². The van der Waals surface area contributed by atoms with E-state index < -0.39 is 0 Å². The molecule has 1 aromatic heterocycles. The molecule has 1 aliphatic heterocycles. The van der Waals surface area contributed by atoms with Gasteiger partial charge in [0.2, 0.25) is 5.91 Å². The molecule has 0 spiro atoms. The van der Waals surface area contributed by atoms with E-state index in [4.69, 9.17) is 5.73 Å². The van der Waals surface area contributed by atoms with E-state index in [1.54, 1.807) is 11.1 Å². The molecule has 5 nitrogen and oxygen atoms in total. The zero-order chi connectivity index (χ0) is 10.1. The molecule has 0 aliphatic carbocycles. The first-order valence-electron chi connectivity index (χ1n) is 4.31. The van der Waals surface area contributed by atoms with E-state index in [-0.39, 0.29) is 5.91 Å². The number of aromatic nitrogens is 1. The van der Waals surface area contributed by atoms with Crippen molar-refractivity contribution in [3.63, 3.8) is 0 Å². The van der Waals surface area contributed by atoms with Crippen LogP contribution in [0.5, 0.6) is 0 Å². The van der Waals surface area contributed by atoms with Gasteiger partial charge in [0.15, 0.2) is 5.13 Å². The summed E-state index contributed by atoms with van der Waals surface area (Å²) >= 11 is 1.47. The Balaban J connectivity index is 1.96. The molecular formula is C8H12N4OS. The lowest BCUT2D eigenvalue weighted by molar-refractivity contribution is -0.125. The molecule has 0 atom stereocenters. The summed E-state index contributed by atoms with van der Waals surface area (Å²) in [5.74, 6) is 0.169. The van der Waals surface area contributed by atoms with E-state index in [1.807, 2.05) is 7.05 Å². The summed E-state index contributed by atoms with van der Waals surface area (Å²) in [4.78, 5) is 20.1. The van der Waals surface area contributed by atoms with Crippen molar-refractivity contribution in [3.05, 3.63) is 11.1 Å². The van der Waals surface area contributed by atoms with Gasteiger partial charge in [0, 0.05) is 24.7 Å². The number of amides is 1.